The number of rotatable bonds is 4. The molecule has 3 unspecified atom stereocenters. The van der Waals surface area contributed by atoms with Crippen LogP contribution < -0.4 is 11.1 Å². The summed E-state index contributed by atoms with van der Waals surface area (Å²) in [5.41, 5.74) is 4.93. The van der Waals surface area contributed by atoms with Gasteiger partial charge in [-0.25, -0.2) is 0 Å². The second kappa shape index (κ2) is 5.77. The highest BCUT2D eigenvalue weighted by molar-refractivity contribution is 5.80. The van der Waals surface area contributed by atoms with E-state index >= 15 is 0 Å². The average Bonchev–Trinajstić information content (AvgIpc) is 2.35. The van der Waals surface area contributed by atoms with E-state index in [2.05, 4.69) is 26.1 Å². The van der Waals surface area contributed by atoms with Crippen molar-refractivity contribution in [2.24, 2.45) is 23.0 Å². The summed E-state index contributed by atoms with van der Waals surface area (Å²) in [6.45, 7) is 7.29. The van der Waals surface area contributed by atoms with E-state index in [1.54, 1.807) is 6.92 Å². The Morgan fingerprint density at radius 1 is 1.37 bits per heavy atom. The fourth-order valence-corrected chi connectivity index (χ4v) is 2.83. The molecule has 1 fully saturated rings. The molecule has 0 aromatic heterocycles. The Bertz CT molecular complexity index is 327. The molecule has 1 aliphatic rings. The third-order valence-corrected chi connectivity index (χ3v) is 4.94. The predicted molar refractivity (Wildman–Crippen MR) is 74.4 cm³/mol. The highest BCUT2D eigenvalue weighted by Gasteiger charge is 2.46. The molecule has 1 rings (SSSR count). The van der Waals surface area contributed by atoms with E-state index in [0.717, 1.165) is 12.8 Å². The van der Waals surface area contributed by atoms with E-state index in [0.29, 0.717) is 0 Å². The molecule has 5 heteroatoms. The maximum atomic E-state index is 12.4. The molecule has 0 bridgehead atoms. The Labute approximate surface area is 115 Å². The fourth-order valence-electron chi connectivity index (χ4n) is 2.83. The first-order chi connectivity index (χ1) is 8.68. The summed E-state index contributed by atoms with van der Waals surface area (Å²) < 4.78 is 0. The standard InChI is InChI=1S/C14H28N2O3/c1-9-11(15)6-5-10(13(9,2)3)12(19)16-14(4,7-17)8-18/h9-11,17-18H,5-8,15H2,1-4H3,(H,16,19). The number of carbonyl (C=O) groups excluding carboxylic acids is 1. The lowest BCUT2D eigenvalue weighted by Gasteiger charge is -2.46. The van der Waals surface area contributed by atoms with Gasteiger partial charge in [0.15, 0.2) is 0 Å². The fraction of sp³-hybridized carbons (Fsp3) is 0.929. The second-order valence-corrected chi connectivity index (χ2v) is 6.77. The van der Waals surface area contributed by atoms with Crippen LogP contribution in [0.3, 0.4) is 0 Å². The molecule has 5 N–H and O–H groups in total. The van der Waals surface area contributed by atoms with Crippen LogP contribution in [0.2, 0.25) is 0 Å². The van der Waals surface area contributed by atoms with Crippen LogP contribution in [0.25, 0.3) is 0 Å². The van der Waals surface area contributed by atoms with Crippen molar-refractivity contribution in [3.63, 3.8) is 0 Å². The van der Waals surface area contributed by atoms with Crippen molar-refractivity contribution in [2.45, 2.75) is 52.1 Å². The third kappa shape index (κ3) is 3.27. The van der Waals surface area contributed by atoms with Gasteiger partial charge < -0.3 is 21.3 Å². The smallest absolute Gasteiger partial charge is 0.224 e. The first-order valence-corrected chi connectivity index (χ1v) is 6.97. The van der Waals surface area contributed by atoms with Crippen molar-refractivity contribution in [2.75, 3.05) is 13.2 Å². The van der Waals surface area contributed by atoms with Crippen molar-refractivity contribution >= 4 is 5.91 Å². The molecule has 0 aromatic rings. The minimum Gasteiger partial charge on any atom is -0.394 e. The van der Waals surface area contributed by atoms with Gasteiger partial charge in [0.05, 0.1) is 18.8 Å². The Hall–Kier alpha value is -0.650. The zero-order valence-electron chi connectivity index (χ0n) is 12.4. The molecule has 5 nitrogen and oxygen atoms in total. The van der Waals surface area contributed by atoms with Crippen molar-refractivity contribution in [1.82, 2.24) is 5.32 Å². The maximum absolute atomic E-state index is 12.4. The minimum atomic E-state index is -0.962. The molecule has 0 heterocycles. The monoisotopic (exact) mass is 272 g/mol. The van der Waals surface area contributed by atoms with Gasteiger partial charge in [0.2, 0.25) is 5.91 Å². The molecule has 19 heavy (non-hydrogen) atoms. The van der Waals surface area contributed by atoms with Crippen LogP contribution in [0.4, 0.5) is 0 Å². The van der Waals surface area contributed by atoms with Crippen LogP contribution in [0.15, 0.2) is 0 Å². The zero-order valence-corrected chi connectivity index (χ0v) is 12.4. The number of hydrogen-bond donors (Lipinski definition) is 4. The highest BCUT2D eigenvalue weighted by atomic mass is 16.3. The quantitative estimate of drug-likeness (QED) is 0.590. The van der Waals surface area contributed by atoms with Gasteiger partial charge in [0.1, 0.15) is 0 Å². The van der Waals surface area contributed by atoms with Crippen molar-refractivity contribution in [1.29, 1.82) is 0 Å². The van der Waals surface area contributed by atoms with Gasteiger partial charge in [-0.1, -0.05) is 20.8 Å². The normalized spacial score (nSPS) is 31.0. The summed E-state index contributed by atoms with van der Waals surface area (Å²) in [5, 5.41) is 21.3. The Morgan fingerprint density at radius 2 is 1.89 bits per heavy atom. The third-order valence-electron chi connectivity index (χ3n) is 4.94. The van der Waals surface area contributed by atoms with Crippen LogP contribution in [0, 0.1) is 17.3 Å². The maximum Gasteiger partial charge on any atom is 0.224 e. The van der Waals surface area contributed by atoms with Gasteiger partial charge >= 0.3 is 0 Å². The van der Waals surface area contributed by atoms with Crippen molar-refractivity contribution in [3.05, 3.63) is 0 Å². The lowest BCUT2D eigenvalue weighted by molar-refractivity contribution is -0.135. The largest absolute Gasteiger partial charge is 0.394 e. The SMILES string of the molecule is CC1C(N)CCC(C(=O)NC(C)(CO)CO)C1(C)C. The van der Waals surface area contributed by atoms with E-state index in [-0.39, 0.29) is 42.4 Å². The number of carbonyl (C=O) groups is 1. The summed E-state index contributed by atoms with van der Waals surface area (Å²) in [6, 6.07) is 0.126. The van der Waals surface area contributed by atoms with Crippen LogP contribution in [-0.2, 0) is 4.79 Å². The molecular formula is C14H28N2O3. The average molecular weight is 272 g/mol. The Balaban J connectivity index is 2.82. The van der Waals surface area contributed by atoms with Gasteiger partial charge in [-0.2, -0.15) is 0 Å². The number of aliphatic hydroxyl groups is 2. The molecule has 112 valence electrons. The molecule has 0 aliphatic heterocycles. The topological polar surface area (TPSA) is 95.6 Å². The lowest BCUT2D eigenvalue weighted by Crippen LogP contribution is -2.58. The van der Waals surface area contributed by atoms with E-state index < -0.39 is 5.54 Å². The van der Waals surface area contributed by atoms with Crippen LogP contribution >= 0.6 is 0 Å². The number of amides is 1. The Kier molecular flexibility index (Phi) is 4.98. The predicted octanol–water partition coefficient (Wildman–Crippen LogP) is 0.246. The lowest BCUT2D eigenvalue weighted by atomic mass is 9.61. The van der Waals surface area contributed by atoms with E-state index in [1.807, 2.05) is 0 Å². The van der Waals surface area contributed by atoms with Gasteiger partial charge in [0, 0.05) is 12.0 Å². The molecule has 1 saturated carbocycles. The number of hydrogen-bond acceptors (Lipinski definition) is 4. The number of aliphatic hydroxyl groups excluding tert-OH is 2. The number of nitrogens with one attached hydrogen (secondary N) is 1. The molecule has 3 atom stereocenters. The molecule has 1 aliphatic carbocycles. The second-order valence-electron chi connectivity index (χ2n) is 6.77. The summed E-state index contributed by atoms with van der Waals surface area (Å²) >= 11 is 0. The molecular weight excluding hydrogens is 244 g/mol. The minimum absolute atomic E-state index is 0.102. The van der Waals surface area contributed by atoms with Gasteiger partial charge in [-0.15, -0.1) is 0 Å². The van der Waals surface area contributed by atoms with E-state index in [4.69, 9.17) is 5.73 Å². The highest BCUT2D eigenvalue weighted by Crippen LogP contribution is 2.44. The van der Waals surface area contributed by atoms with Crippen LogP contribution in [-0.4, -0.2) is 40.9 Å². The Morgan fingerprint density at radius 3 is 2.37 bits per heavy atom. The van der Waals surface area contributed by atoms with Crippen LogP contribution in [0.5, 0.6) is 0 Å². The van der Waals surface area contributed by atoms with E-state index in [1.165, 1.54) is 0 Å². The van der Waals surface area contributed by atoms with Crippen LogP contribution in [0.1, 0.15) is 40.5 Å². The molecule has 0 radical (unpaired) electrons. The summed E-state index contributed by atoms with van der Waals surface area (Å²) in [6.07, 6.45) is 1.58. The van der Waals surface area contributed by atoms with Crippen molar-refractivity contribution < 1.29 is 15.0 Å². The first-order valence-electron chi connectivity index (χ1n) is 6.97. The zero-order chi connectivity index (χ0) is 14.8. The number of nitrogens with two attached hydrogens (primary N) is 1. The van der Waals surface area contributed by atoms with Gasteiger partial charge in [-0.3, -0.25) is 4.79 Å². The van der Waals surface area contributed by atoms with Crippen molar-refractivity contribution in [3.8, 4) is 0 Å². The van der Waals surface area contributed by atoms with Gasteiger partial charge in [-0.05, 0) is 31.1 Å². The first kappa shape index (κ1) is 16.4. The van der Waals surface area contributed by atoms with Gasteiger partial charge in [0.25, 0.3) is 0 Å². The van der Waals surface area contributed by atoms with E-state index in [9.17, 15) is 15.0 Å². The molecule has 0 saturated heterocycles. The molecule has 0 aromatic carbocycles. The summed E-state index contributed by atoms with van der Waals surface area (Å²) in [5.74, 6) is 0.0144. The summed E-state index contributed by atoms with van der Waals surface area (Å²) in [7, 11) is 0. The molecule has 0 spiro atoms. The summed E-state index contributed by atoms with van der Waals surface area (Å²) in [4.78, 5) is 12.4. The molecule has 1 amide bonds.